The summed E-state index contributed by atoms with van der Waals surface area (Å²) in [6, 6.07) is 10.3. The molecule has 6 heteroatoms. The second-order valence-electron chi connectivity index (χ2n) is 4.78. The highest BCUT2D eigenvalue weighted by molar-refractivity contribution is 7.71. The van der Waals surface area contributed by atoms with Gasteiger partial charge in [0.05, 0.1) is 22.1 Å². The zero-order chi connectivity index (χ0) is 15.1. The van der Waals surface area contributed by atoms with Crippen LogP contribution in [0.4, 0.5) is 4.39 Å². The van der Waals surface area contributed by atoms with Gasteiger partial charge in [-0.3, -0.25) is 0 Å². The van der Waals surface area contributed by atoms with Gasteiger partial charge in [-0.25, -0.2) is 4.39 Å². The van der Waals surface area contributed by atoms with E-state index in [0.29, 0.717) is 20.8 Å². The number of nitrogens with one attached hydrogen (secondary N) is 1. The maximum Gasteiger partial charge on any atom is 0.178 e. The van der Waals surface area contributed by atoms with Gasteiger partial charge in [-0.2, -0.15) is 0 Å². The molecule has 1 aromatic heterocycles. The molecular weight excluding hydrogens is 330 g/mol. The van der Waals surface area contributed by atoms with Crippen molar-refractivity contribution < 1.29 is 4.39 Å². The van der Waals surface area contributed by atoms with E-state index in [4.69, 9.17) is 35.4 Å². The molecule has 1 heterocycles. The van der Waals surface area contributed by atoms with E-state index in [1.54, 1.807) is 0 Å². The first kappa shape index (κ1) is 14.6. The van der Waals surface area contributed by atoms with Crippen LogP contribution < -0.4 is 0 Å². The quantitative estimate of drug-likeness (QED) is 0.588. The standard InChI is InChI=1S/C15H11Cl2FN2S/c1-8(9-4-2-3-5-10(9)16)20-14-7-12(18)11(17)6-13(14)19-15(20)21/h2-8H,1H3,(H,19,21). The number of hydrogen-bond acceptors (Lipinski definition) is 1. The van der Waals surface area contributed by atoms with E-state index in [9.17, 15) is 4.39 Å². The minimum Gasteiger partial charge on any atom is -0.331 e. The summed E-state index contributed by atoms with van der Waals surface area (Å²) in [4.78, 5) is 3.05. The number of aromatic nitrogens is 2. The van der Waals surface area contributed by atoms with Gasteiger partial charge in [-0.05, 0) is 36.8 Å². The Bertz CT molecular complexity index is 885. The molecule has 0 bridgehead atoms. The van der Waals surface area contributed by atoms with Crippen LogP contribution in [0.25, 0.3) is 11.0 Å². The first-order valence-electron chi connectivity index (χ1n) is 6.32. The summed E-state index contributed by atoms with van der Waals surface area (Å²) < 4.78 is 16.1. The fraction of sp³-hybridized carbons (Fsp3) is 0.133. The van der Waals surface area contributed by atoms with Gasteiger partial charge in [0, 0.05) is 11.1 Å². The van der Waals surface area contributed by atoms with Crippen LogP contribution in [-0.2, 0) is 0 Å². The summed E-state index contributed by atoms with van der Waals surface area (Å²) in [5.74, 6) is -0.474. The van der Waals surface area contributed by atoms with Crippen molar-refractivity contribution in [3.63, 3.8) is 0 Å². The number of fused-ring (bicyclic) bond motifs is 1. The van der Waals surface area contributed by atoms with Crippen LogP contribution in [0.1, 0.15) is 18.5 Å². The van der Waals surface area contributed by atoms with Crippen molar-refractivity contribution in [1.29, 1.82) is 0 Å². The Balaban J connectivity index is 2.25. The molecule has 0 amide bonds. The van der Waals surface area contributed by atoms with Crippen molar-refractivity contribution in [2.75, 3.05) is 0 Å². The van der Waals surface area contributed by atoms with Gasteiger partial charge >= 0.3 is 0 Å². The van der Waals surface area contributed by atoms with E-state index >= 15 is 0 Å². The van der Waals surface area contributed by atoms with Gasteiger partial charge in [0.15, 0.2) is 4.77 Å². The number of rotatable bonds is 2. The zero-order valence-electron chi connectivity index (χ0n) is 11.0. The van der Waals surface area contributed by atoms with Crippen LogP contribution >= 0.6 is 35.4 Å². The number of aromatic amines is 1. The van der Waals surface area contributed by atoms with Crippen LogP contribution in [0.15, 0.2) is 36.4 Å². The van der Waals surface area contributed by atoms with Crippen LogP contribution in [0.5, 0.6) is 0 Å². The smallest absolute Gasteiger partial charge is 0.178 e. The number of nitrogens with zero attached hydrogens (tertiary/aromatic N) is 1. The van der Waals surface area contributed by atoms with Crippen molar-refractivity contribution in [2.24, 2.45) is 0 Å². The fourth-order valence-corrected chi connectivity index (χ4v) is 3.28. The van der Waals surface area contributed by atoms with Crippen LogP contribution in [0.2, 0.25) is 10.0 Å². The summed E-state index contributed by atoms with van der Waals surface area (Å²) >= 11 is 17.4. The molecule has 0 saturated carbocycles. The molecule has 0 aliphatic rings. The average Bonchev–Trinajstić information content (AvgIpc) is 2.74. The Morgan fingerprint density at radius 1 is 1.19 bits per heavy atom. The Labute approximate surface area is 136 Å². The van der Waals surface area contributed by atoms with Crippen molar-refractivity contribution >= 4 is 46.5 Å². The SMILES string of the molecule is CC(c1ccccc1Cl)n1c(=S)[nH]c2cc(Cl)c(F)cc21. The number of halogens is 3. The van der Waals surface area contributed by atoms with Gasteiger partial charge in [-0.15, -0.1) is 0 Å². The number of benzene rings is 2. The molecule has 0 radical (unpaired) electrons. The van der Waals surface area contributed by atoms with Crippen LogP contribution in [0.3, 0.4) is 0 Å². The molecule has 1 N–H and O–H groups in total. The highest BCUT2D eigenvalue weighted by Crippen LogP contribution is 2.30. The third-order valence-corrected chi connectivity index (χ3v) is 4.43. The minimum absolute atomic E-state index is 0.0660. The molecular formula is C15H11Cl2FN2S. The predicted octanol–water partition coefficient (Wildman–Crippen LogP) is 5.75. The second-order valence-corrected chi connectivity index (χ2v) is 5.98. The fourth-order valence-electron chi connectivity index (χ4n) is 2.46. The lowest BCUT2D eigenvalue weighted by atomic mass is 10.1. The van der Waals surface area contributed by atoms with Gasteiger partial charge in [0.2, 0.25) is 0 Å². The van der Waals surface area contributed by atoms with E-state index in [-0.39, 0.29) is 11.1 Å². The Morgan fingerprint density at radius 2 is 1.90 bits per heavy atom. The summed E-state index contributed by atoms with van der Waals surface area (Å²) in [7, 11) is 0. The number of imidazole rings is 1. The predicted molar refractivity (Wildman–Crippen MR) is 87.4 cm³/mol. The van der Waals surface area contributed by atoms with Crippen molar-refractivity contribution in [3.8, 4) is 0 Å². The van der Waals surface area contributed by atoms with E-state index in [1.807, 2.05) is 35.8 Å². The van der Waals surface area contributed by atoms with Gasteiger partial charge in [0.25, 0.3) is 0 Å². The summed E-state index contributed by atoms with van der Waals surface area (Å²) in [5.41, 5.74) is 2.28. The van der Waals surface area contributed by atoms with Crippen molar-refractivity contribution in [2.45, 2.75) is 13.0 Å². The minimum atomic E-state index is -0.474. The highest BCUT2D eigenvalue weighted by Gasteiger charge is 2.16. The maximum absolute atomic E-state index is 13.8. The van der Waals surface area contributed by atoms with Crippen LogP contribution in [0, 0.1) is 10.6 Å². The van der Waals surface area contributed by atoms with Crippen molar-refractivity contribution in [1.82, 2.24) is 9.55 Å². The molecule has 0 aliphatic carbocycles. The molecule has 21 heavy (non-hydrogen) atoms. The van der Waals surface area contributed by atoms with Gasteiger partial charge in [0.1, 0.15) is 5.82 Å². The molecule has 1 atom stereocenters. The Hall–Kier alpha value is -1.36. The maximum atomic E-state index is 13.8. The topological polar surface area (TPSA) is 20.7 Å². The van der Waals surface area contributed by atoms with Gasteiger partial charge in [-0.1, -0.05) is 41.4 Å². The molecule has 3 rings (SSSR count). The molecule has 0 spiro atoms. The monoisotopic (exact) mass is 340 g/mol. The lowest BCUT2D eigenvalue weighted by molar-refractivity contribution is 0.622. The van der Waals surface area contributed by atoms with E-state index in [2.05, 4.69) is 4.98 Å². The van der Waals surface area contributed by atoms with E-state index in [1.165, 1.54) is 12.1 Å². The molecule has 108 valence electrons. The first-order valence-corrected chi connectivity index (χ1v) is 7.49. The molecule has 3 aromatic rings. The third-order valence-electron chi connectivity index (χ3n) is 3.50. The lowest BCUT2D eigenvalue weighted by Gasteiger charge is -2.16. The van der Waals surface area contributed by atoms with E-state index in [0.717, 1.165) is 5.56 Å². The summed E-state index contributed by atoms with van der Waals surface area (Å²) in [5, 5.41) is 0.715. The third kappa shape index (κ3) is 2.48. The van der Waals surface area contributed by atoms with E-state index < -0.39 is 5.82 Å². The summed E-state index contributed by atoms with van der Waals surface area (Å²) in [6.07, 6.45) is 0. The Kier molecular flexibility index (Phi) is 3.78. The molecule has 0 fully saturated rings. The zero-order valence-corrected chi connectivity index (χ0v) is 13.4. The number of hydrogen-bond donors (Lipinski definition) is 1. The first-order chi connectivity index (χ1) is 9.99. The normalized spacial score (nSPS) is 12.8. The van der Waals surface area contributed by atoms with Gasteiger partial charge < -0.3 is 9.55 Å². The Morgan fingerprint density at radius 3 is 2.62 bits per heavy atom. The van der Waals surface area contributed by atoms with Crippen LogP contribution in [-0.4, -0.2) is 9.55 Å². The molecule has 2 aromatic carbocycles. The average molecular weight is 341 g/mol. The molecule has 1 unspecified atom stereocenters. The summed E-state index contributed by atoms with van der Waals surface area (Å²) in [6.45, 7) is 1.97. The molecule has 0 aliphatic heterocycles. The molecule has 2 nitrogen and oxygen atoms in total. The second kappa shape index (κ2) is 5.44. The highest BCUT2D eigenvalue weighted by atomic mass is 35.5. The largest absolute Gasteiger partial charge is 0.331 e. The molecule has 0 saturated heterocycles. The van der Waals surface area contributed by atoms with Crippen molar-refractivity contribution in [3.05, 3.63) is 62.6 Å². The lowest BCUT2D eigenvalue weighted by Crippen LogP contribution is -2.07. The number of H-pyrrole nitrogens is 1.